The van der Waals surface area contributed by atoms with Crippen LogP contribution < -0.4 is 5.73 Å². The van der Waals surface area contributed by atoms with Crippen LogP contribution in [0.1, 0.15) is 11.1 Å². The molecule has 6 heteroatoms. The van der Waals surface area contributed by atoms with Crippen LogP contribution >= 0.6 is 24.8 Å². The summed E-state index contributed by atoms with van der Waals surface area (Å²) in [5.74, 6) is 0.969. The first-order valence-corrected chi connectivity index (χ1v) is 7.88. The number of rotatable bonds is 7. The monoisotopic (exact) mass is 363 g/mol. The highest BCUT2D eigenvalue weighted by Gasteiger charge is 2.32. The van der Waals surface area contributed by atoms with Gasteiger partial charge in [-0.1, -0.05) is 24.3 Å². The number of likely N-dealkylation sites (tertiary alicyclic amines) is 1. The molecule has 1 aromatic rings. The first-order valence-electron chi connectivity index (χ1n) is 7.88. The van der Waals surface area contributed by atoms with Crippen LogP contribution in [0.4, 0.5) is 0 Å². The normalized spacial score (nSPS) is 21.1. The number of nitrogens with zero attached hydrogens (tertiary/aromatic N) is 2. The molecule has 1 aliphatic rings. The van der Waals surface area contributed by atoms with E-state index >= 15 is 0 Å². The van der Waals surface area contributed by atoms with Gasteiger partial charge in [-0.25, -0.2) is 0 Å². The topological polar surface area (TPSA) is 52.7 Å². The van der Waals surface area contributed by atoms with Crippen molar-refractivity contribution in [2.24, 2.45) is 17.6 Å². The van der Waals surface area contributed by atoms with Crippen LogP contribution in [-0.2, 0) is 13.0 Å². The van der Waals surface area contributed by atoms with Crippen molar-refractivity contribution in [3.8, 4) is 0 Å². The van der Waals surface area contributed by atoms with E-state index in [-0.39, 0.29) is 24.8 Å². The average Bonchev–Trinajstić information content (AvgIpc) is 2.80. The van der Waals surface area contributed by atoms with E-state index in [9.17, 15) is 5.11 Å². The molecule has 1 saturated heterocycles. The van der Waals surface area contributed by atoms with Crippen molar-refractivity contribution in [3.05, 3.63) is 35.4 Å². The maximum absolute atomic E-state index is 9.59. The fraction of sp³-hybridized carbons (Fsp3) is 0.647. The SMILES string of the molecule is CN(C)C[C@@H]1CN(Cc2cccc(CCN)c2)C[C@@H]1CO.Cl.Cl. The Morgan fingerprint density at radius 3 is 2.43 bits per heavy atom. The Hall–Kier alpha value is -0.360. The van der Waals surface area contributed by atoms with Crippen molar-refractivity contribution >= 4 is 24.8 Å². The lowest BCUT2D eigenvalue weighted by Gasteiger charge is -2.20. The Kier molecular flexibility index (Phi) is 11.1. The smallest absolute Gasteiger partial charge is 0.0475 e. The molecule has 3 N–H and O–H groups in total. The van der Waals surface area contributed by atoms with Gasteiger partial charge in [0.1, 0.15) is 0 Å². The van der Waals surface area contributed by atoms with E-state index in [1.54, 1.807) is 0 Å². The lowest BCUT2D eigenvalue weighted by Crippen LogP contribution is -2.28. The standard InChI is InChI=1S/C17H29N3O.2ClH/c1-19(2)10-16-11-20(12-17(16)13-21)9-15-5-3-4-14(8-15)6-7-18;;/h3-5,8,16-17,21H,6-7,9-13,18H2,1-2H3;2*1H/t16-,17-;;/m1../s1. The Labute approximate surface area is 152 Å². The van der Waals surface area contributed by atoms with Crippen LogP contribution in [0.2, 0.25) is 0 Å². The average molecular weight is 364 g/mol. The molecule has 1 aromatic carbocycles. The van der Waals surface area contributed by atoms with Gasteiger partial charge >= 0.3 is 0 Å². The summed E-state index contributed by atoms with van der Waals surface area (Å²) in [4.78, 5) is 4.69. The molecule has 0 aromatic heterocycles. The fourth-order valence-electron chi connectivity index (χ4n) is 3.36. The van der Waals surface area contributed by atoms with Gasteiger partial charge in [-0.3, -0.25) is 4.90 Å². The maximum Gasteiger partial charge on any atom is 0.0475 e. The predicted molar refractivity (Wildman–Crippen MR) is 102 cm³/mol. The van der Waals surface area contributed by atoms with Gasteiger partial charge in [-0.05, 0) is 50.0 Å². The van der Waals surface area contributed by atoms with Crippen LogP contribution in [0.15, 0.2) is 24.3 Å². The molecule has 0 spiro atoms. The van der Waals surface area contributed by atoms with Gasteiger partial charge < -0.3 is 15.7 Å². The van der Waals surface area contributed by atoms with Crippen molar-refractivity contribution in [2.45, 2.75) is 13.0 Å². The second-order valence-corrected chi connectivity index (χ2v) is 6.52. The van der Waals surface area contributed by atoms with Crippen molar-refractivity contribution < 1.29 is 5.11 Å². The second kappa shape index (κ2) is 11.2. The maximum atomic E-state index is 9.59. The summed E-state index contributed by atoms with van der Waals surface area (Å²) in [6.07, 6.45) is 0.941. The highest BCUT2D eigenvalue weighted by molar-refractivity contribution is 5.85. The predicted octanol–water partition coefficient (Wildman–Crippen LogP) is 1.63. The first kappa shape index (κ1) is 22.6. The number of benzene rings is 1. The molecule has 1 heterocycles. The largest absolute Gasteiger partial charge is 0.396 e. The van der Waals surface area contributed by atoms with Gasteiger partial charge in [-0.15, -0.1) is 24.8 Å². The quantitative estimate of drug-likeness (QED) is 0.772. The second-order valence-electron chi connectivity index (χ2n) is 6.52. The molecule has 134 valence electrons. The van der Waals surface area contributed by atoms with Crippen molar-refractivity contribution in [2.75, 3.05) is 46.9 Å². The first-order chi connectivity index (χ1) is 10.1. The van der Waals surface area contributed by atoms with E-state index in [2.05, 4.69) is 48.2 Å². The third-order valence-corrected chi connectivity index (χ3v) is 4.32. The third-order valence-electron chi connectivity index (χ3n) is 4.32. The molecule has 0 amide bonds. The number of nitrogens with two attached hydrogens (primary N) is 1. The van der Waals surface area contributed by atoms with Gasteiger partial charge in [0.2, 0.25) is 0 Å². The highest BCUT2D eigenvalue weighted by atomic mass is 35.5. The number of aliphatic hydroxyl groups is 1. The molecule has 0 aliphatic carbocycles. The molecule has 4 nitrogen and oxygen atoms in total. The zero-order valence-corrected chi connectivity index (χ0v) is 15.8. The lowest BCUT2D eigenvalue weighted by molar-refractivity contribution is 0.183. The van der Waals surface area contributed by atoms with Crippen LogP contribution in [0, 0.1) is 11.8 Å². The Bertz CT molecular complexity index is 446. The van der Waals surface area contributed by atoms with Gasteiger partial charge in [-0.2, -0.15) is 0 Å². The molecular weight excluding hydrogens is 333 g/mol. The molecule has 23 heavy (non-hydrogen) atoms. The summed E-state index contributed by atoms with van der Waals surface area (Å²) in [7, 11) is 4.21. The molecule has 1 fully saturated rings. The van der Waals surface area contributed by atoms with Crippen LogP contribution in [0.25, 0.3) is 0 Å². The molecule has 0 bridgehead atoms. The highest BCUT2D eigenvalue weighted by Crippen LogP contribution is 2.25. The molecular formula is C17H31Cl2N3O. The number of hydrogen-bond acceptors (Lipinski definition) is 4. The van der Waals surface area contributed by atoms with Gasteiger partial charge in [0.25, 0.3) is 0 Å². The van der Waals surface area contributed by atoms with Gasteiger partial charge in [0.15, 0.2) is 0 Å². The van der Waals surface area contributed by atoms with E-state index in [0.29, 0.717) is 25.0 Å². The molecule has 2 atom stereocenters. The van der Waals surface area contributed by atoms with E-state index < -0.39 is 0 Å². The molecule has 0 unspecified atom stereocenters. The van der Waals surface area contributed by atoms with E-state index in [1.807, 2.05) is 0 Å². The zero-order chi connectivity index (χ0) is 15.2. The molecule has 2 rings (SSSR count). The minimum Gasteiger partial charge on any atom is -0.396 e. The van der Waals surface area contributed by atoms with E-state index in [4.69, 9.17) is 5.73 Å². The summed E-state index contributed by atoms with van der Waals surface area (Å²) < 4.78 is 0. The fourth-order valence-corrected chi connectivity index (χ4v) is 3.36. The number of hydrogen-bond donors (Lipinski definition) is 2. The number of aliphatic hydroxyl groups excluding tert-OH is 1. The molecule has 1 aliphatic heterocycles. The third kappa shape index (κ3) is 6.96. The van der Waals surface area contributed by atoms with Crippen molar-refractivity contribution in [1.82, 2.24) is 9.80 Å². The van der Waals surface area contributed by atoms with Crippen LogP contribution in [-0.4, -0.2) is 61.8 Å². The minimum atomic E-state index is 0. The summed E-state index contributed by atoms with van der Waals surface area (Å²) in [6, 6.07) is 8.72. The Morgan fingerprint density at radius 2 is 1.83 bits per heavy atom. The van der Waals surface area contributed by atoms with E-state index in [0.717, 1.165) is 32.6 Å². The Morgan fingerprint density at radius 1 is 1.17 bits per heavy atom. The molecule has 0 saturated carbocycles. The van der Waals surface area contributed by atoms with Gasteiger partial charge in [0, 0.05) is 32.8 Å². The summed E-state index contributed by atoms with van der Waals surface area (Å²) in [5.41, 5.74) is 8.30. The minimum absolute atomic E-state index is 0. The van der Waals surface area contributed by atoms with Gasteiger partial charge in [0.05, 0.1) is 0 Å². The zero-order valence-electron chi connectivity index (χ0n) is 14.1. The summed E-state index contributed by atoms with van der Waals surface area (Å²) in [6.45, 7) is 5.08. The van der Waals surface area contributed by atoms with E-state index in [1.165, 1.54) is 11.1 Å². The molecule has 0 radical (unpaired) electrons. The lowest BCUT2D eigenvalue weighted by atomic mass is 9.97. The van der Waals surface area contributed by atoms with Crippen molar-refractivity contribution in [3.63, 3.8) is 0 Å². The van der Waals surface area contributed by atoms with Crippen molar-refractivity contribution in [1.29, 1.82) is 0 Å². The summed E-state index contributed by atoms with van der Waals surface area (Å²) in [5, 5.41) is 9.59. The number of halogens is 2. The Balaban J connectivity index is 0.00000242. The summed E-state index contributed by atoms with van der Waals surface area (Å²) >= 11 is 0. The van der Waals surface area contributed by atoms with Crippen LogP contribution in [0.5, 0.6) is 0 Å². The van der Waals surface area contributed by atoms with Crippen LogP contribution in [0.3, 0.4) is 0 Å².